The van der Waals surface area contributed by atoms with Gasteiger partial charge in [0.2, 0.25) is 0 Å². The van der Waals surface area contributed by atoms with Crippen LogP contribution >= 0.6 is 0 Å². The van der Waals surface area contributed by atoms with Crippen molar-refractivity contribution < 1.29 is 14.3 Å². The maximum absolute atomic E-state index is 12.9. The molecule has 0 amide bonds. The van der Waals surface area contributed by atoms with E-state index in [9.17, 15) is 4.79 Å². The number of pyridine rings is 2. The Morgan fingerprint density at radius 2 is 2.03 bits per heavy atom. The number of carbonyl (C=O) groups is 1. The van der Waals surface area contributed by atoms with Gasteiger partial charge in [-0.3, -0.25) is 14.8 Å². The summed E-state index contributed by atoms with van der Waals surface area (Å²) in [6.45, 7) is 5.57. The van der Waals surface area contributed by atoms with Crippen LogP contribution in [0.4, 0.5) is 0 Å². The molecule has 0 radical (unpaired) electrons. The maximum Gasteiger partial charge on any atom is 0.139 e. The van der Waals surface area contributed by atoms with Gasteiger partial charge in [-0.25, -0.2) is 4.68 Å². The molecule has 0 unspecified atom stereocenters. The highest BCUT2D eigenvalue weighted by Gasteiger charge is 2.22. The summed E-state index contributed by atoms with van der Waals surface area (Å²) in [5.74, 6) is 0.330. The van der Waals surface area contributed by atoms with Crippen molar-refractivity contribution in [3.8, 4) is 5.69 Å². The highest BCUT2D eigenvalue weighted by atomic mass is 16.6. The Hall–Kier alpha value is -3.42. The van der Waals surface area contributed by atoms with Crippen LogP contribution in [0.1, 0.15) is 41.9 Å². The molecule has 1 atom stereocenters. The average Bonchev–Trinajstić information content (AvgIpc) is 3.22. The Labute approximate surface area is 198 Å². The third kappa shape index (κ3) is 4.90. The molecule has 34 heavy (non-hydrogen) atoms. The van der Waals surface area contributed by atoms with E-state index >= 15 is 0 Å². The van der Waals surface area contributed by atoms with E-state index in [4.69, 9.17) is 14.5 Å². The van der Waals surface area contributed by atoms with E-state index < -0.39 is 0 Å². The largest absolute Gasteiger partial charge is 0.376 e. The predicted octanol–water partition coefficient (Wildman–Crippen LogP) is 4.34. The van der Waals surface area contributed by atoms with Crippen molar-refractivity contribution in [2.75, 3.05) is 13.2 Å². The third-order valence-corrected chi connectivity index (χ3v) is 6.14. The van der Waals surface area contributed by atoms with Crippen LogP contribution in [0, 0.1) is 6.92 Å². The van der Waals surface area contributed by atoms with Crippen molar-refractivity contribution >= 4 is 16.7 Å². The fourth-order valence-electron chi connectivity index (χ4n) is 4.27. The van der Waals surface area contributed by atoms with Gasteiger partial charge in [-0.2, -0.15) is 5.10 Å². The molecule has 0 saturated carbocycles. The molecule has 1 aromatic carbocycles. The standard InChI is InChI=1S/C27H28N4O3/c1-18(20-6-4-3-5-7-20)10-24(32)13-22-12-21-14-29-31(23-8-9-28-19(2)11-23)27(21)26(30-22)17-34-25-15-33-16-25/h3-9,11-12,14,18,25H,10,13,15-17H2,1-2H3/t18-/m0/s1. The van der Waals surface area contributed by atoms with Crippen LogP contribution in [0.15, 0.2) is 60.9 Å². The molecule has 0 spiro atoms. The van der Waals surface area contributed by atoms with Crippen molar-refractivity contribution in [1.82, 2.24) is 19.7 Å². The third-order valence-electron chi connectivity index (χ3n) is 6.14. The molecule has 7 heteroatoms. The number of benzene rings is 1. The summed E-state index contributed by atoms with van der Waals surface area (Å²) in [4.78, 5) is 22.1. The van der Waals surface area contributed by atoms with E-state index in [1.807, 2.05) is 54.2 Å². The second-order valence-corrected chi connectivity index (χ2v) is 8.91. The molecule has 0 aliphatic carbocycles. The lowest BCUT2D eigenvalue weighted by molar-refractivity contribution is -0.135. The second kappa shape index (κ2) is 9.83. The number of aromatic nitrogens is 4. The van der Waals surface area contributed by atoms with E-state index in [-0.39, 0.29) is 24.2 Å². The van der Waals surface area contributed by atoms with E-state index in [0.29, 0.717) is 26.2 Å². The summed E-state index contributed by atoms with van der Waals surface area (Å²) in [6.07, 6.45) is 4.43. The summed E-state index contributed by atoms with van der Waals surface area (Å²) >= 11 is 0. The Kier molecular flexibility index (Phi) is 6.47. The van der Waals surface area contributed by atoms with Crippen molar-refractivity contribution in [2.45, 2.75) is 45.3 Å². The van der Waals surface area contributed by atoms with Crippen LogP contribution in [-0.4, -0.2) is 44.8 Å². The van der Waals surface area contributed by atoms with Gasteiger partial charge in [-0.15, -0.1) is 0 Å². The highest BCUT2D eigenvalue weighted by molar-refractivity contribution is 5.85. The zero-order chi connectivity index (χ0) is 23.5. The highest BCUT2D eigenvalue weighted by Crippen LogP contribution is 2.25. The van der Waals surface area contributed by atoms with Gasteiger partial charge in [-0.1, -0.05) is 37.3 Å². The number of aryl methyl sites for hydroxylation is 1. The molecule has 1 aliphatic rings. The van der Waals surface area contributed by atoms with Crippen molar-refractivity contribution in [2.24, 2.45) is 0 Å². The lowest BCUT2D eigenvalue weighted by Crippen LogP contribution is -2.36. The summed E-state index contributed by atoms with van der Waals surface area (Å²) in [7, 11) is 0. The Morgan fingerprint density at radius 1 is 1.21 bits per heavy atom. The first-order valence-corrected chi connectivity index (χ1v) is 11.6. The smallest absolute Gasteiger partial charge is 0.139 e. The molecule has 7 nitrogen and oxygen atoms in total. The number of ketones is 1. The quantitative estimate of drug-likeness (QED) is 0.373. The van der Waals surface area contributed by atoms with Crippen molar-refractivity contribution in [1.29, 1.82) is 0 Å². The van der Waals surface area contributed by atoms with E-state index in [1.165, 1.54) is 5.56 Å². The van der Waals surface area contributed by atoms with Crippen LogP contribution < -0.4 is 0 Å². The first-order valence-electron chi connectivity index (χ1n) is 11.6. The van der Waals surface area contributed by atoms with Gasteiger partial charge in [0.15, 0.2) is 0 Å². The number of hydrogen-bond donors (Lipinski definition) is 0. The predicted molar refractivity (Wildman–Crippen MR) is 129 cm³/mol. The van der Waals surface area contributed by atoms with Gasteiger partial charge in [0, 0.05) is 35.8 Å². The van der Waals surface area contributed by atoms with Crippen molar-refractivity contribution in [3.63, 3.8) is 0 Å². The molecule has 4 aromatic rings. The Balaban J connectivity index is 1.42. The summed E-state index contributed by atoms with van der Waals surface area (Å²) in [5.41, 5.74) is 5.40. The molecule has 1 aliphatic heterocycles. The minimum absolute atomic E-state index is 0.0772. The molecule has 1 fully saturated rings. The lowest BCUT2D eigenvalue weighted by atomic mass is 9.94. The fourth-order valence-corrected chi connectivity index (χ4v) is 4.27. The number of rotatable bonds is 9. The summed E-state index contributed by atoms with van der Waals surface area (Å²) in [6, 6.07) is 16.0. The molecule has 1 saturated heterocycles. The number of Topliss-reactive ketones (excluding diaryl/α,β-unsaturated/α-hetero) is 1. The fraction of sp³-hybridized carbons (Fsp3) is 0.333. The van der Waals surface area contributed by atoms with E-state index in [1.54, 1.807) is 6.20 Å². The second-order valence-electron chi connectivity index (χ2n) is 8.91. The topological polar surface area (TPSA) is 79.1 Å². The zero-order valence-electron chi connectivity index (χ0n) is 19.5. The molecule has 0 N–H and O–H groups in total. The molecule has 5 rings (SSSR count). The summed E-state index contributed by atoms with van der Waals surface area (Å²) in [5, 5.41) is 5.56. The molecule has 4 heterocycles. The van der Waals surface area contributed by atoms with E-state index in [0.717, 1.165) is 33.7 Å². The number of ether oxygens (including phenoxy) is 2. The van der Waals surface area contributed by atoms with Gasteiger partial charge < -0.3 is 9.47 Å². The molecule has 3 aromatic heterocycles. The van der Waals surface area contributed by atoms with Crippen molar-refractivity contribution in [3.05, 3.63) is 83.6 Å². The monoisotopic (exact) mass is 456 g/mol. The first kappa shape index (κ1) is 22.4. The number of nitrogens with zero attached hydrogens (tertiary/aromatic N) is 4. The van der Waals surface area contributed by atoms with Gasteiger partial charge in [0.1, 0.15) is 11.9 Å². The molecule has 0 bridgehead atoms. The zero-order valence-corrected chi connectivity index (χ0v) is 19.5. The minimum atomic E-state index is 0.0772. The normalized spacial score (nSPS) is 14.8. The van der Waals surface area contributed by atoms with Crippen LogP contribution in [0.2, 0.25) is 0 Å². The van der Waals surface area contributed by atoms with Gasteiger partial charge >= 0.3 is 0 Å². The van der Waals surface area contributed by atoms with Crippen LogP contribution in [0.25, 0.3) is 16.6 Å². The maximum atomic E-state index is 12.9. The van der Waals surface area contributed by atoms with Gasteiger partial charge in [0.05, 0.1) is 42.9 Å². The van der Waals surface area contributed by atoms with Gasteiger partial charge in [-0.05, 0) is 36.6 Å². The SMILES string of the molecule is Cc1cc(-n2ncc3cc(CC(=O)C[C@H](C)c4ccccc4)nc(COC4COC4)c32)ccn1. The van der Waals surface area contributed by atoms with Crippen LogP contribution in [0.3, 0.4) is 0 Å². The minimum Gasteiger partial charge on any atom is -0.376 e. The van der Waals surface area contributed by atoms with E-state index in [2.05, 4.69) is 29.1 Å². The Bertz CT molecular complexity index is 1300. The summed E-state index contributed by atoms with van der Waals surface area (Å²) < 4.78 is 13.1. The van der Waals surface area contributed by atoms with Gasteiger partial charge in [0.25, 0.3) is 0 Å². The van der Waals surface area contributed by atoms with Crippen LogP contribution in [0.5, 0.6) is 0 Å². The number of hydrogen-bond acceptors (Lipinski definition) is 6. The first-order chi connectivity index (χ1) is 16.6. The van der Waals surface area contributed by atoms with Crippen LogP contribution in [-0.2, 0) is 27.3 Å². The lowest BCUT2D eigenvalue weighted by Gasteiger charge is -2.26. The molecule has 174 valence electrons. The molecular weight excluding hydrogens is 428 g/mol. The average molecular weight is 457 g/mol. The Morgan fingerprint density at radius 3 is 2.76 bits per heavy atom. The number of carbonyl (C=O) groups excluding carboxylic acids is 1. The molecular formula is C27H28N4O3. The number of fused-ring (bicyclic) bond motifs is 1.